The Morgan fingerprint density at radius 1 is 1.15 bits per heavy atom. The van der Waals surface area contributed by atoms with Crippen molar-refractivity contribution in [1.29, 1.82) is 0 Å². The van der Waals surface area contributed by atoms with Crippen molar-refractivity contribution in [2.45, 2.75) is 46.5 Å². The quantitative estimate of drug-likeness (QED) is 0.270. The molecule has 0 aromatic heterocycles. The van der Waals surface area contributed by atoms with Crippen LogP contribution in [0.2, 0.25) is 0 Å². The first-order valence-corrected chi connectivity index (χ1v) is 9.22. The zero-order valence-electron chi connectivity index (χ0n) is 16.8. The number of benzene rings is 1. The van der Waals surface area contributed by atoms with Crippen molar-refractivity contribution in [2.24, 2.45) is 5.92 Å². The number of ether oxygens (including phenoxy) is 3. The van der Waals surface area contributed by atoms with Crippen molar-refractivity contribution in [3.63, 3.8) is 0 Å². The van der Waals surface area contributed by atoms with Crippen LogP contribution in [0, 0.1) is 5.92 Å². The molecule has 1 aromatic rings. The van der Waals surface area contributed by atoms with Crippen molar-refractivity contribution in [3.05, 3.63) is 23.3 Å². The zero-order chi connectivity index (χ0) is 20.4. The lowest BCUT2D eigenvalue weighted by atomic mass is 10.0. The molecule has 0 fully saturated rings. The molecule has 0 saturated heterocycles. The third kappa shape index (κ3) is 6.62. The molecule has 0 heterocycles. The molecule has 1 unspecified atom stereocenters. The molecule has 0 saturated carbocycles. The maximum Gasteiger partial charge on any atom is 0.341 e. The highest BCUT2D eigenvalue weighted by molar-refractivity contribution is 6.19. The van der Waals surface area contributed by atoms with E-state index in [9.17, 15) is 14.7 Å². The number of unbranched alkanes of at least 4 members (excludes halogenated alkanes) is 1. The van der Waals surface area contributed by atoms with Crippen LogP contribution < -0.4 is 9.47 Å². The first-order chi connectivity index (χ1) is 12.9. The average molecular weight is 378 g/mol. The lowest BCUT2D eigenvalue weighted by Gasteiger charge is -2.15. The number of phenols is 1. The predicted octanol–water partition coefficient (Wildman–Crippen LogP) is 4.14. The van der Waals surface area contributed by atoms with Crippen LogP contribution >= 0.6 is 0 Å². The van der Waals surface area contributed by atoms with E-state index < -0.39 is 11.8 Å². The lowest BCUT2D eigenvalue weighted by Crippen LogP contribution is -2.18. The lowest BCUT2D eigenvalue weighted by molar-refractivity contribution is -0.141. The number of carbonyl (C=O) groups is 2. The summed E-state index contributed by atoms with van der Waals surface area (Å²) in [7, 11) is 2.81. The molecule has 6 heteroatoms. The first-order valence-electron chi connectivity index (χ1n) is 9.22. The fraction of sp³-hybridized carbons (Fsp3) is 0.524. The maximum absolute atomic E-state index is 12.4. The minimum Gasteiger partial charge on any atom is -0.502 e. The highest BCUT2D eigenvalue weighted by atomic mass is 16.5. The van der Waals surface area contributed by atoms with Crippen LogP contribution in [-0.4, -0.2) is 37.7 Å². The van der Waals surface area contributed by atoms with Gasteiger partial charge in [-0.2, -0.15) is 0 Å². The summed E-state index contributed by atoms with van der Waals surface area (Å²) in [4.78, 5) is 24.4. The van der Waals surface area contributed by atoms with E-state index in [2.05, 4.69) is 13.8 Å². The summed E-state index contributed by atoms with van der Waals surface area (Å²) < 4.78 is 15.6. The van der Waals surface area contributed by atoms with Gasteiger partial charge in [0.05, 0.1) is 20.8 Å². The van der Waals surface area contributed by atoms with Gasteiger partial charge in [-0.15, -0.1) is 0 Å². The summed E-state index contributed by atoms with van der Waals surface area (Å²) in [5.41, 5.74) is 0.428. The van der Waals surface area contributed by atoms with Gasteiger partial charge in [-0.3, -0.25) is 4.79 Å². The van der Waals surface area contributed by atoms with Crippen LogP contribution in [0.4, 0.5) is 0 Å². The predicted molar refractivity (Wildman–Crippen MR) is 104 cm³/mol. The number of hydrogen-bond acceptors (Lipinski definition) is 6. The smallest absolute Gasteiger partial charge is 0.341 e. The van der Waals surface area contributed by atoms with E-state index in [1.807, 2.05) is 0 Å². The van der Waals surface area contributed by atoms with Crippen LogP contribution in [0.15, 0.2) is 17.7 Å². The Kier molecular flexibility index (Phi) is 9.40. The summed E-state index contributed by atoms with van der Waals surface area (Å²) >= 11 is 0. The van der Waals surface area contributed by atoms with E-state index in [-0.39, 0.29) is 28.7 Å². The van der Waals surface area contributed by atoms with Crippen molar-refractivity contribution < 1.29 is 28.9 Å². The van der Waals surface area contributed by atoms with Gasteiger partial charge in [0, 0.05) is 0 Å². The number of aromatic hydroxyl groups is 1. The zero-order valence-corrected chi connectivity index (χ0v) is 16.8. The van der Waals surface area contributed by atoms with Crippen LogP contribution in [0.3, 0.4) is 0 Å². The molecule has 1 rings (SSSR count). The monoisotopic (exact) mass is 378 g/mol. The second-order valence-electron chi connectivity index (χ2n) is 6.40. The number of esters is 1. The van der Waals surface area contributed by atoms with E-state index in [0.717, 1.165) is 25.7 Å². The average Bonchev–Trinajstić information content (AvgIpc) is 2.66. The normalized spacial score (nSPS) is 12.4. The molecule has 0 aliphatic rings. The molecular weight excluding hydrogens is 348 g/mol. The number of ketones is 1. The highest BCUT2D eigenvalue weighted by Crippen LogP contribution is 2.37. The summed E-state index contributed by atoms with van der Waals surface area (Å²) in [5.74, 6) is -0.539. The van der Waals surface area contributed by atoms with Crippen LogP contribution in [0.1, 0.15) is 52.0 Å². The van der Waals surface area contributed by atoms with Gasteiger partial charge in [-0.1, -0.05) is 33.1 Å². The Hall–Kier alpha value is -2.50. The Bertz CT molecular complexity index is 652. The minimum absolute atomic E-state index is 0.0601. The Morgan fingerprint density at radius 3 is 2.19 bits per heavy atom. The molecule has 1 N–H and O–H groups in total. The minimum atomic E-state index is -0.650. The second kappa shape index (κ2) is 11.3. The molecule has 1 aromatic carbocycles. The fourth-order valence-electron chi connectivity index (χ4n) is 2.64. The molecule has 0 amide bonds. The number of rotatable bonds is 11. The van der Waals surface area contributed by atoms with E-state index in [4.69, 9.17) is 14.2 Å². The van der Waals surface area contributed by atoms with Crippen molar-refractivity contribution in [1.82, 2.24) is 0 Å². The molecule has 6 nitrogen and oxygen atoms in total. The molecule has 0 aliphatic carbocycles. The molecule has 0 aliphatic heterocycles. The number of phenolic OH excluding ortho intramolecular Hbond substituents is 1. The second-order valence-corrected chi connectivity index (χ2v) is 6.40. The molecule has 0 bridgehead atoms. The molecule has 150 valence electrons. The van der Waals surface area contributed by atoms with Crippen molar-refractivity contribution in [3.8, 4) is 17.2 Å². The van der Waals surface area contributed by atoms with Gasteiger partial charge < -0.3 is 19.3 Å². The van der Waals surface area contributed by atoms with Gasteiger partial charge in [0.25, 0.3) is 0 Å². The summed E-state index contributed by atoms with van der Waals surface area (Å²) in [6.45, 7) is 5.79. The number of methoxy groups -OCH3 is 2. The van der Waals surface area contributed by atoms with Gasteiger partial charge >= 0.3 is 5.97 Å². The molecular formula is C21H30O6. The molecule has 1 atom stereocenters. The third-order valence-corrected chi connectivity index (χ3v) is 4.41. The largest absolute Gasteiger partial charge is 0.502 e. The van der Waals surface area contributed by atoms with Gasteiger partial charge in [0.15, 0.2) is 17.3 Å². The summed E-state index contributed by atoms with van der Waals surface area (Å²) in [6, 6.07) is 3.04. The van der Waals surface area contributed by atoms with Gasteiger partial charge in [0.2, 0.25) is 5.75 Å². The van der Waals surface area contributed by atoms with E-state index >= 15 is 0 Å². The van der Waals surface area contributed by atoms with Crippen molar-refractivity contribution in [2.75, 3.05) is 20.8 Å². The van der Waals surface area contributed by atoms with Crippen LogP contribution in [0.5, 0.6) is 17.2 Å². The Balaban J connectivity index is 3.04. The topological polar surface area (TPSA) is 82.1 Å². The number of carbonyl (C=O) groups excluding carboxylic acids is 2. The first kappa shape index (κ1) is 22.5. The number of Topliss-reactive ketones (excluding diaryl/α,β-unsaturated/α-hetero) is 1. The Morgan fingerprint density at radius 2 is 1.74 bits per heavy atom. The molecule has 0 spiro atoms. The highest BCUT2D eigenvalue weighted by Gasteiger charge is 2.19. The van der Waals surface area contributed by atoms with E-state index in [0.29, 0.717) is 12.2 Å². The maximum atomic E-state index is 12.4. The van der Waals surface area contributed by atoms with Crippen molar-refractivity contribution >= 4 is 17.8 Å². The molecule has 0 radical (unpaired) electrons. The number of hydrogen-bond donors (Lipinski definition) is 1. The van der Waals surface area contributed by atoms with Crippen LogP contribution in [-0.2, 0) is 14.3 Å². The fourth-order valence-corrected chi connectivity index (χ4v) is 2.64. The Labute approximate surface area is 161 Å². The summed E-state index contributed by atoms with van der Waals surface area (Å²) in [5, 5.41) is 9.98. The van der Waals surface area contributed by atoms with E-state index in [1.54, 1.807) is 0 Å². The molecule has 27 heavy (non-hydrogen) atoms. The standard InChI is InChI=1S/C21H30O6/c1-6-8-9-15(7-2)13-27-21(24)17(14(3)22)10-16-11-18(25-4)20(23)19(12-16)26-5/h10-12,15,23H,6-9,13H2,1-5H3/b17-10-. The van der Waals surface area contributed by atoms with Gasteiger partial charge in [0.1, 0.15) is 5.57 Å². The van der Waals surface area contributed by atoms with Crippen LogP contribution in [0.25, 0.3) is 6.08 Å². The SMILES string of the molecule is CCCCC(CC)COC(=O)/C(=C\c1cc(OC)c(O)c(OC)c1)C(C)=O. The summed E-state index contributed by atoms with van der Waals surface area (Å²) in [6.07, 6.45) is 5.50. The third-order valence-electron chi connectivity index (χ3n) is 4.41. The van der Waals surface area contributed by atoms with E-state index in [1.165, 1.54) is 39.4 Å². The van der Waals surface area contributed by atoms with Gasteiger partial charge in [-0.05, 0) is 43.0 Å². The van der Waals surface area contributed by atoms with Gasteiger partial charge in [-0.25, -0.2) is 4.79 Å².